The van der Waals surface area contributed by atoms with Crippen LogP contribution in [0.1, 0.15) is 21.8 Å². The topological polar surface area (TPSA) is 154 Å². The zero-order chi connectivity index (χ0) is 19.9. The number of aliphatic carboxylic acids is 1. The number of benzene rings is 2. The summed E-state index contributed by atoms with van der Waals surface area (Å²) >= 11 is 0. The number of hydrogen-bond acceptors (Lipinski definition) is 8. The smallest absolute Gasteiger partial charge is 0.311 e. The van der Waals surface area contributed by atoms with Gasteiger partial charge in [0.1, 0.15) is 11.3 Å². The van der Waals surface area contributed by atoms with Crippen LogP contribution in [0.2, 0.25) is 0 Å². The number of methoxy groups -OCH3 is 1. The Labute approximate surface area is 152 Å². The molecule has 0 aliphatic carbocycles. The first kappa shape index (κ1) is 18.2. The molecule has 1 heterocycles. The van der Waals surface area contributed by atoms with Crippen LogP contribution in [0, 0.1) is 5.92 Å². The van der Waals surface area contributed by atoms with E-state index in [9.17, 15) is 35.1 Å². The third kappa shape index (κ3) is 2.92. The van der Waals surface area contributed by atoms with Crippen LogP contribution >= 0.6 is 0 Å². The van der Waals surface area contributed by atoms with Crippen LogP contribution in [0.3, 0.4) is 0 Å². The second kappa shape index (κ2) is 6.60. The van der Waals surface area contributed by atoms with Crippen LogP contribution < -0.4 is 9.47 Å². The van der Waals surface area contributed by atoms with Crippen molar-refractivity contribution in [3.8, 4) is 34.5 Å². The average molecular weight is 376 g/mol. The lowest BCUT2D eigenvalue weighted by molar-refractivity contribution is -0.140. The quantitative estimate of drug-likeness (QED) is 0.500. The van der Waals surface area contributed by atoms with E-state index < -0.39 is 46.6 Å². The number of rotatable bonds is 4. The Morgan fingerprint density at radius 2 is 1.85 bits per heavy atom. The number of ketones is 1. The van der Waals surface area contributed by atoms with Crippen molar-refractivity contribution in [3.63, 3.8) is 0 Å². The van der Waals surface area contributed by atoms with Crippen molar-refractivity contribution in [3.05, 3.63) is 35.4 Å². The van der Waals surface area contributed by atoms with Gasteiger partial charge in [-0.05, 0) is 17.7 Å². The first-order chi connectivity index (χ1) is 12.8. The number of carboxylic acids is 1. The summed E-state index contributed by atoms with van der Waals surface area (Å²) in [5.41, 5.74) is -0.219. The molecular weight excluding hydrogens is 360 g/mol. The van der Waals surface area contributed by atoms with E-state index in [0.717, 1.165) is 18.2 Å². The summed E-state index contributed by atoms with van der Waals surface area (Å²) in [6, 6.07) is 4.54. The largest absolute Gasteiger partial charge is 0.504 e. The lowest BCUT2D eigenvalue weighted by Gasteiger charge is -2.29. The number of carbonyl (C=O) groups excluding carboxylic acids is 1. The lowest BCUT2D eigenvalue weighted by atomic mass is 9.80. The number of hydrogen-bond donors (Lipinski definition) is 5. The molecule has 1 aliphatic heterocycles. The van der Waals surface area contributed by atoms with Crippen LogP contribution in [0.15, 0.2) is 24.3 Å². The first-order valence-corrected chi connectivity index (χ1v) is 7.80. The van der Waals surface area contributed by atoms with E-state index in [1.54, 1.807) is 0 Å². The SMILES string of the molecule is COc1c(O)cc2c(c1O)C(=O)C(C(C(=O)O)c1ccc(O)c(O)c1)CO2. The standard InChI is InChI=1S/C18H16O9/c1-26-17-11(21)5-12-14(16(17)23)15(22)8(6-27-12)13(18(24)25)7-2-3-9(19)10(20)4-7/h2-5,8,13,19-21,23H,6H2,1H3,(H,24,25). The summed E-state index contributed by atoms with van der Waals surface area (Å²) < 4.78 is 10.3. The normalized spacial score (nSPS) is 16.9. The van der Waals surface area contributed by atoms with E-state index in [-0.39, 0.29) is 29.2 Å². The Kier molecular flexibility index (Phi) is 4.44. The summed E-state index contributed by atoms with van der Waals surface area (Å²) in [5.74, 6) is -7.17. The summed E-state index contributed by atoms with van der Waals surface area (Å²) in [7, 11) is 1.19. The summed E-state index contributed by atoms with van der Waals surface area (Å²) in [6.07, 6.45) is 0. The summed E-state index contributed by atoms with van der Waals surface area (Å²) in [6.45, 7) is -0.324. The fraction of sp³-hybridized carbons (Fsp3) is 0.222. The van der Waals surface area contributed by atoms with Gasteiger partial charge in [0.2, 0.25) is 5.75 Å². The van der Waals surface area contributed by atoms with Gasteiger partial charge in [0.25, 0.3) is 0 Å². The van der Waals surface area contributed by atoms with E-state index >= 15 is 0 Å². The number of carboxylic acid groups (broad SMARTS) is 1. The van der Waals surface area contributed by atoms with E-state index in [2.05, 4.69) is 0 Å². The predicted molar refractivity (Wildman–Crippen MR) is 89.8 cm³/mol. The van der Waals surface area contributed by atoms with Gasteiger partial charge in [-0.1, -0.05) is 6.07 Å². The number of ether oxygens (including phenoxy) is 2. The molecule has 0 amide bonds. The van der Waals surface area contributed by atoms with Gasteiger partial charge in [0, 0.05) is 6.07 Å². The molecule has 2 atom stereocenters. The highest BCUT2D eigenvalue weighted by Gasteiger charge is 2.42. The van der Waals surface area contributed by atoms with Crippen molar-refractivity contribution in [2.75, 3.05) is 13.7 Å². The Balaban J connectivity index is 2.08. The molecule has 0 saturated carbocycles. The predicted octanol–water partition coefficient (Wildman–Crippen LogP) is 1.58. The van der Waals surface area contributed by atoms with Gasteiger partial charge >= 0.3 is 5.97 Å². The molecule has 5 N–H and O–H groups in total. The van der Waals surface area contributed by atoms with Crippen LogP contribution in [0.4, 0.5) is 0 Å². The number of aromatic hydroxyl groups is 4. The van der Waals surface area contributed by atoms with E-state index in [4.69, 9.17) is 9.47 Å². The minimum atomic E-state index is -1.41. The molecule has 0 radical (unpaired) electrons. The van der Waals surface area contributed by atoms with Crippen LogP contribution in [-0.2, 0) is 4.79 Å². The fourth-order valence-electron chi connectivity index (χ4n) is 3.14. The molecule has 2 unspecified atom stereocenters. The highest BCUT2D eigenvalue weighted by Crippen LogP contribution is 2.48. The zero-order valence-electron chi connectivity index (χ0n) is 14.0. The Morgan fingerprint density at radius 1 is 1.15 bits per heavy atom. The van der Waals surface area contributed by atoms with Gasteiger partial charge in [-0.25, -0.2) is 0 Å². The van der Waals surface area contributed by atoms with Gasteiger partial charge < -0.3 is 35.0 Å². The number of phenolic OH excluding ortho intramolecular Hbond substituents is 4. The Morgan fingerprint density at radius 3 is 2.44 bits per heavy atom. The second-order valence-corrected chi connectivity index (χ2v) is 6.00. The maximum atomic E-state index is 12.9. The lowest BCUT2D eigenvalue weighted by Crippen LogP contribution is -2.36. The monoisotopic (exact) mass is 376 g/mol. The van der Waals surface area contributed by atoms with Crippen LogP contribution in [0.25, 0.3) is 0 Å². The molecule has 3 rings (SSSR count). The van der Waals surface area contributed by atoms with E-state index in [1.807, 2.05) is 0 Å². The third-order valence-electron chi connectivity index (χ3n) is 4.43. The Bertz CT molecular complexity index is 935. The third-order valence-corrected chi connectivity index (χ3v) is 4.43. The van der Waals surface area contributed by atoms with Crippen molar-refractivity contribution in [2.24, 2.45) is 5.92 Å². The molecule has 0 aromatic heterocycles. The molecule has 0 spiro atoms. The molecule has 142 valence electrons. The Hall–Kier alpha value is -3.62. The number of carbonyl (C=O) groups is 2. The van der Waals surface area contributed by atoms with Gasteiger partial charge in [0.05, 0.1) is 25.6 Å². The van der Waals surface area contributed by atoms with E-state index in [0.29, 0.717) is 0 Å². The molecule has 0 fully saturated rings. The van der Waals surface area contributed by atoms with E-state index in [1.165, 1.54) is 13.2 Å². The fourth-order valence-corrected chi connectivity index (χ4v) is 3.14. The molecule has 0 bridgehead atoms. The molecule has 1 aliphatic rings. The van der Waals surface area contributed by atoms with Crippen molar-refractivity contribution in [1.82, 2.24) is 0 Å². The minimum absolute atomic E-state index is 0.0773. The molecule has 2 aromatic rings. The van der Waals surface area contributed by atoms with Crippen LogP contribution in [-0.4, -0.2) is 51.0 Å². The van der Waals surface area contributed by atoms with Crippen molar-refractivity contribution in [2.45, 2.75) is 5.92 Å². The number of phenols is 4. The molecule has 9 heteroatoms. The van der Waals surface area contributed by atoms with Gasteiger partial charge in [-0.15, -0.1) is 0 Å². The molecule has 9 nitrogen and oxygen atoms in total. The molecule has 2 aromatic carbocycles. The number of fused-ring (bicyclic) bond motifs is 1. The maximum Gasteiger partial charge on any atom is 0.311 e. The zero-order valence-corrected chi connectivity index (χ0v) is 14.0. The second-order valence-electron chi connectivity index (χ2n) is 6.00. The molecule has 0 saturated heterocycles. The number of Topliss-reactive ketones (excluding diaryl/α,β-unsaturated/α-hetero) is 1. The first-order valence-electron chi connectivity index (χ1n) is 7.80. The van der Waals surface area contributed by atoms with Gasteiger partial charge in [-0.2, -0.15) is 0 Å². The van der Waals surface area contributed by atoms with Crippen molar-refractivity contribution >= 4 is 11.8 Å². The average Bonchev–Trinajstić information content (AvgIpc) is 2.60. The van der Waals surface area contributed by atoms with Crippen molar-refractivity contribution < 1.29 is 44.6 Å². The van der Waals surface area contributed by atoms with Crippen molar-refractivity contribution in [1.29, 1.82) is 0 Å². The highest BCUT2D eigenvalue weighted by atomic mass is 16.5. The van der Waals surface area contributed by atoms with Gasteiger partial charge in [-0.3, -0.25) is 9.59 Å². The summed E-state index contributed by atoms with van der Waals surface area (Å²) in [4.78, 5) is 24.8. The maximum absolute atomic E-state index is 12.9. The molecular formula is C18H16O9. The highest BCUT2D eigenvalue weighted by molar-refractivity contribution is 6.07. The van der Waals surface area contributed by atoms with Gasteiger partial charge in [0.15, 0.2) is 28.8 Å². The minimum Gasteiger partial charge on any atom is -0.504 e. The summed E-state index contributed by atoms with van der Waals surface area (Å²) in [5, 5.41) is 48.8. The molecule has 27 heavy (non-hydrogen) atoms. The van der Waals surface area contributed by atoms with Crippen LogP contribution in [0.5, 0.6) is 34.5 Å².